The summed E-state index contributed by atoms with van der Waals surface area (Å²) in [5.74, 6) is 1.49. The van der Waals surface area contributed by atoms with Crippen molar-refractivity contribution in [3.8, 4) is 23.2 Å². The zero-order chi connectivity index (χ0) is 23.4. The van der Waals surface area contributed by atoms with E-state index in [2.05, 4.69) is 0 Å². The summed E-state index contributed by atoms with van der Waals surface area (Å²) in [6.45, 7) is 3.80. The summed E-state index contributed by atoms with van der Waals surface area (Å²) in [6.07, 6.45) is 0.147. The first-order valence-electron chi connectivity index (χ1n) is 9.94. The van der Waals surface area contributed by atoms with Crippen LogP contribution in [-0.4, -0.2) is 34.2 Å². The highest BCUT2D eigenvalue weighted by Crippen LogP contribution is 2.35. The highest BCUT2D eigenvalue weighted by Gasteiger charge is 2.26. The molecule has 0 fully saturated rings. The molecule has 7 heteroatoms. The Morgan fingerprint density at radius 3 is 2.12 bits per heavy atom. The number of methoxy groups -OCH3 is 4. The smallest absolute Gasteiger partial charge is 0.288 e. The molecule has 0 radical (unpaired) electrons. The Morgan fingerprint density at radius 1 is 0.812 bits per heavy atom. The van der Waals surface area contributed by atoms with E-state index >= 15 is 0 Å². The van der Waals surface area contributed by atoms with Crippen LogP contribution in [0.4, 0.5) is 0 Å². The molecule has 0 aliphatic heterocycles. The maximum atomic E-state index is 13.8. The molecule has 0 amide bonds. The maximum Gasteiger partial charge on any atom is 0.288 e. The van der Waals surface area contributed by atoms with Gasteiger partial charge in [0.05, 0.1) is 45.6 Å². The van der Waals surface area contributed by atoms with E-state index in [1.165, 1.54) is 40.6 Å². The minimum Gasteiger partial charge on any atom is -0.497 e. The molecule has 2 aromatic carbocycles. The third-order valence-corrected chi connectivity index (χ3v) is 5.09. The summed E-state index contributed by atoms with van der Waals surface area (Å²) in [5.41, 5.74) is 2.85. The first kappa shape index (κ1) is 22.9. The van der Waals surface area contributed by atoms with Crippen LogP contribution < -0.4 is 24.4 Å². The van der Waals surface area contributed by atoms with Crippen LogP contribution in [0.25, 0.3) is 0 Å². The average molecular weight is 438 g/mol. The SMILES string of the molecule is COc1cc(Cc2cc(=O)cc(OC)o2)c(C(=O)c2c(C)cc(C)cc2OC)c(OC)c1. The van der Waals surface area contributed by atoms with Gasteiger partial charge in [0.15, 0.2) is 5.43 Å². The van der Waals surface area contributed by atoms with Gasteiger partial charge in [-0.3, -0.25) is 9.59 Å². The first-order valence-corrected chi connectivity index (χ1v) is 9.94. The van der Waals surface area contributed by atoms with E-state index in [-0.39, 0.29) is 23.6 Å². The molecule has 0 unspecified atom stereocenters. The molecule has 0 N–H and O–H groups in total. The molecule has 7 nitrogen and oxygen atoms in total. The fourth-order valence-corrected chi connectivity index (χ4v) is 3.71. The number of ketones is 1. The van der Waals surface area contributed by atoms with E-state index in [0.717, 1.165) is 11.1 Å². The van der Waals surface area contributed by atoms with Gasteiger partial charge in [0.1, 0.15) is 23.0 Å². The highest BCUT2D eigenvalue weighted by molar-refractivity contribution is 6.14. The maximum absolute atomic E-state index is 13.8. The zero-order valence-corrected chi connectivity index (χ0v) is 19.0. The molecule has 168 valence electrons. The highest BCUT2D eigenvalue weighted by atomic mass is 16.6. The van der Waals surface area contributed by atoms with Crippen molar-refractivity contribution in [3.63, 3.8) is 0 Å². The number of ether oxygens (including phenoxy) is 4. The zero-order valence-electron chi connectivity index (χ0n) is 19.0. The molecule has 0 saturated carbocycles. The van der Waals surface area contributed by atoms with Crippen molar-refractivity contribution in [3.05, 3.63) is 80.2 Å². The molecule has 32 heavy (non-hydrogen) atoms. The predicted molar refractivity (Wildman–Crippen MR) is 120 cm³/mol. The third kappa shape index (κ3) is 4.61. The summed E-state index contributed by atoms with van der Waals surface area (Å²) in [7, 11) is 5.96. The molecular formula is C25H26O7. The van der Waals surface area contributed by atoms with Crippen molar-refractivity contribution < 1.29 is 28.2 Å². The number of hydrogen-bond acceptors (Lipinski definition) is 7. The molecular weight excluding hydrogens is 412 g/mol. The Morgan fingerprint density at radius 2 is 1.50 bits per heavy atom. The number of aryl methyl sites for hydroxylation is 2. The Kier molecular flexibility index (Phi) is 6.88. The predicted octanol–water partition coefficient (Wildman–Crippen LogP) is 4.11. The number of carbonyl (C=O) groups excluding carboxylic acids is 1. The average Bonchev–Trinajstić information content (AvgIpc) is 2.76. The van der Waals surface area contributed by atoms with Gasteiger partial charge >= 0.3 is 0 Å². The summed E-state index contributed by atoms with van der Waals surface area (Å²) in [4.78, 5) is 25.9. The number of rotatable bonds is 8. The molecule has 1 aromatic heterocycles. The Hall–Kier alpha value is -3.74. The quantitative estimate of drug-likeness (QED) is 0.489. The molecule has 1 heterocycles. The van der Waals surface area contributed by atoms with E-state index < -0.39 is 0 Å². The monoisotopic (exact) mass is 438 g/mol. The molecule has 0 spiro atoms. The second-order valence-corrected chi connectivity index (χ2v) is 7.31. The lowest BCUT2D eigenvalue weighted by molar-refractivity contribution is 0.103. The van der Waals surface area contributed by atoms with Crippen molar-refractivity contribution in [1.29, 1.82) is 0 Å². The molecule has 0 saturated heterocycles. The van der Waals surface area contributed by atoms with Gasteiger partial charge in [-0.2, -0.15) is 0 Å². The fourth-order valence-electron chi connectivity index (χ4n) is 3.71. The van der Waals surface area contributed by atoms with Crippen LogP contribution >= 0.6 is 0 Å². The van der Waals surface area contributed by atoms with Gasteiger partial charge in [-0.25, -0.2) is 0 Å². The van der Waals surface area contributed by atoms with Gasteiger partial charge in [0.2, 0.25) is 5.78 Å². The third-order valence-electron chi connectivity index (χ3n) is 5.09. The van der Waals surface area contributed by atoms with Crippen LogP contribution in [0, 0.1) is 13.8 Å². The summed E-state index contributed by atoms with van der Waals surface area (Å²) in [6, 6.07) is 9.73. The van der Waals surface area contributed by atoms with Crippen LogP contribution in [0.2, 0.25) is 0 Å². The van der Waals surface area contributed by atoms with E-state index in [1.807, 2.05) is 26.0 Å². The number of hydrogen-bond donors (Lipinski definition) is 0. The van der Waals surface area contributed by atoms with Crippen molar-refractivity contribution in [2.75, 3.05) is 28.4 Å². The van der Waals surface area contributed by atoms with Gasteiger partial charge in [0, 0.05) is 18.6 Å². The lowest BCUT2D eigenvalue weighted by atomic mass is 9.91. The molecule has 0 bridgehead atoms. The van der Waals surface area contributed by atoms with E-state index in [1.54, 1.807) is 12.1 Å². The van der Waals surface area contributed by atoms with Crippen molar-refractivity contribution in [1.82, 2.24) is 0 Å². The molecule has 3 rings (SSSR count). The van der Waals surface area contributed by atoms with E-state index in [9.17, 15) is 9.59 Å². The summed E-state index contributed by atoms with van der Waals surface area (Å²) in [5, 5.41) is 0. The molecule has 0 aliphatic rings. The molecule has 0 atom stereocenters. The van der Waals surface area contributed by atoms with E-state index in [4.69, 9.17) is 23.4 Å². The minimum absolute atomic E-state index is 0.0892. The van der Waals surface area contributed by atoms with Crippen molar-refractivity contribution in [2.45, 2.75) is 20.3 Å². The Labute approximate surface area is 186 Å². The van der Waals surface area contributed by atoms with Gasteiger partial charge in [0.25, 0.3) is 5.95 Å². The standard InChI is InChI=1S/C25H26O7/c1-14-7-15(2)23(20(8-14)29-4)25(27)24-16(9-18(28-3)13-21(24)30-5)10-19-11-17(26)12-22(31-6)32-19/h7-9,11-13H,10H2,1-6H3. The molecule has 3 aromatic rings. The Balaban J connectivity index is 2.23. The number of carbonyl (C=O) groups is 1. The largest absolute Gasteiger partial charge is 0.497 e. The van der Waals surface area contributed by atoms with Crippen molar-refractivity contribution >= 4 is 5.78 Å². The normalized spacial score (nSPS) is 10.6. The fraction of sp³-hybridized carbons (Fsp3) is 0.280. The Bertz CT molecular complexity index is 1210. The van der Waals surface area contributed by atoms with Gasteiger partial charge in [-0.15, -0.1) is 0 Å². The van der Waals surface area contributed by atoms with Crippen LogP contribution in [0.3, 0.4) is 0 Å². The molecule has 0 aliphatic carbocycles. The van der Waals surface area contributed by atoms with Crippen LogP contribution in [0.1, 0.15) is 38.4 Å². The lowest BCUT2D eigenvalue weighted by Crippen LogP contribution is -2.13. The minimum atomic E-state index is -0.265. The number of benzene rings is 2. The summed E-state index contributed by atoms with van der Waals surface area (Å²) >= 11 is 0. The second kappa shape index (κ2) is 9.60. The van der Waals surface area contributed by atoms with Gasteiger partial charge in [-0.05, 0) is 42.7 Å². The lowest BCUT2D eigenvalue weighted by Gasteiger charge is -2.18. The van der Waals surface area contributed by atoms with E-state index in [0.29, 0.717) is 39.7 Å². The van der Waals surface area contributed by atoms with Crippen molar-refractivity contribution in [2.24, 2.45) is 0 Å². The first-order chi connectivity index (χ1) is 15.3. The van der Waals surface area contributed by atoms with Crippen LogP contribution in [0.15, 0.2) is 45.6 Å². The van der Waals surface area contributed by atoms with Crippen LogP contribution in [-0.2, 0) is 6.42 Å². The topological polar surface area (TPSA) is 84.2 Å². The van der Waals surface area contributed by atoms with Crippen LogP contribution in [0.5, 0.6) is 23.2 Å². The van der Waals surface area contributed by atoms with Gasteiger partial charge < -0.3 is 23.4 Å². The summed E-state index contributed by atoms with van der Waals surface area (Å²) < 4.78 is 27.2. The van der Waals surface area contributed by atoms with Gasteiger partial charge in [-0.1, -0.05) is 6.07 Å². The second-order valence-electron chi connectivity index (χ2n) is 7.31.